The van der Waals surface area contributed by atoms with Gasteiger partial charge in [-0.1, -0.05) is 13.0 Å². The summed E-state index contributed by atoms with van der Waals surface area (Å²) in [5.74, 6) is -2.56. The van der Waals surface area contributed by atoms with Gasteiger partial charge in [0, 0.05) is 18.9 Å². The summed E-state index contributed by atoms with van der Waals surface area (Å²) in [5, 5.41) is 29.2. The molecule has 1 aromatic rings. The van der Waals surface area contributed by atoms with Gasteiger partial charge in [0.25, 0.3) is 0 Å². The van der Waals surface area contributed by atoms with E-state index in [-0.39, 0.29) is 42.8 Å². The summed E-state index contributed by atoms with van der Waals surface area (Å²) >= 11 is 0. The van der Waals surface area contributed by atoms with Crippen LogP contribution in [0.4, 0.5) is 0 Å². The van der Waals surface area contributed by atoms with Gasteiger partial charge in [-0.25, -0.2) is 0 Å². The normalized spacial score (nSPS) is 18.4. The van der Waals surface area contributed by atoms with Crippen molar-refractivity contribution in [2.75, 3.05) is 13.2 Å². The van der Waals surface area contributed by atoms with E-state index in [4.69, 9.17) is 5.73 Å². The van der Waals surface area contributed by atoms with E-state index in [0.717, 1.165) is 17.5 Å². The average Bonchev–Trinajstić information content (AvgIpc) is 2.61. The first-order valence-electron chi connectivity index (χ1n) is 9.71. The number of hydrogen-bond donors (Lipinski definition) is 4. The fraction of sp³-hybridized carbons (Fsp3) is 0.571. The van der Waals surface area contributed by atoms with Crippen LogP contribution in [0.2, 0.25) is 0 Å². The predicted octanol–water partition coefficient (Wildman–Crippen LogP) is 1.14. The van der Waals surface area contributed by atoms with Gasteiger partial charge in [-0.05, 0) is 54.7 Å². The van der Waals surface area contributed by atoms with E-state index in [1.54, 1.807) is 6.07 Å². The van der Waals surface area contributed by atoms with E-state index in [9.17, 15) is 29.7 Å². The lowest BCUT2D eigenvalue weighted by atomic mass is 9.73. The third kappa shape index (κ3) is 4.97. The number of Topliss-reactive ketones (excluding diaryl/α,β-unsaturated/α-hetero) is 2. The summed E-state index contributed by atoms with van der Waals surface area (Å²) in [4.78, 5) is 36.0. The van der Waals surface area contributed by atoms with Crippen molar-refractivity contribution in [2.45, 2.75) is 45.4 Å². The van der Waals surface area contributed by atoms with E-state index >= 15 is 0 Å². The average molecular weight is 391 g/mol. The molecule has 0 heterocycles. The van der Waals surface area contributed by atoms with Crippen LogP contribution < -0.4 is 5.73 Å². The Morgan fingerprint density at radius 1 is 1.25 bits per heavy atom. The summed E-state index contributed by atoms with van der Waals surface area (Å²) < 4.78 is 0. The number of ketones is 2. The zero-order valence-electron chi connectivity index (χ0n) is 16.2. The van der Waals surface area contributed by atoms with Crippen molar-refractivity contribution in [1.29, 1.82) is 0 Å². The summed E-state index contributed by atoms with van der Waals surface area (Å²) in [6.07, 6.45) is 1.85. The molecule has 3 atom stereocenters. The SMILES string of the molecule is CCc1ccc(O)c2c1CC(CC(CCO)C(CO)C(=O)CC(N)=O)CC2=O. The van der Waals surface area contributed by atoms with Crippen molar-refractivity contribution in [3.05, 3.63) is 28.8 Å². The lowest BCUT2D eigenvalue weighted by Gasteiger charge is -2.31. The van der Waals surface area contributed by atoms with Gasteiger partial charge in [0.15, 0.2) is 5.78 Å². The molecule has 7 nitrogen and oxygen atoms in total. The highest BCUT2D eigenvalue weighted by Crippen LogP contribution is 2.38. The smallest absolute Gasteiger partial charge is 0.224 e. The molecule has 3 unspecified atom stereocenters. The lowest BCUT2D eigenvalue weighted by molar-refractivity contribution is -0.131. The Bertz CT molecular complexity index is 745. The van der Waals surface area contributed by atoms with Gasteiger partial charge in [-0.3, -0.25) is 14.4 Å². The number of aromatic hydroxyl groups is 1. The zero-order chi connectivity index (χ0) is 20.8. The molecular weight excluding hydrogens is 362 g/mol. The number of aryl methyl sites for hydroxylation is 1. The maximum Gasteiger partial charge on any atom is 0.224 e. The maximum absolute atomic E-state index is 12.7. The molecule has 28 heavy (non-hydrogen) atoms. The molecule has 1 aliphatic rings. The highest BCUT2D eigenvalue weighted by atomic mass is 16.3. The molecule has 5 N–H and O–H groups in total. The summed E-state index contributed by atoms with van der Waals surface area (Å²) in [6.45, 7) is 1.39. The first-order chi connectivity index (χ1) is 13.3. The molecule has 1 aliphatic carbocycles. The molecule has 0 spiro atoms. The minimum absolute atomic E-state index is 0.00701. The van der Waals surface area contributed by atoms with E-state index in [2.05, 4.69) is 0 Å². The zero-order valence-corrected chi connectivity index (χ0v) is 16.2. The van der Waals surface area contributed by atoms with Gasteiger partial charge >= 0.3 is 0 Å². The summed E-state index contributed by atoms with van der Waals surface area (Å²) in [7, 11) is 0. The largest absolute Gasteiger partial charge is 0.507 e. The van der Waals surface area contributed by atoms with Crippen molar-refractivity contribution in [1.82, 2.24) is 0 Å². The van der Waals surface area contributed by atoms with E-state index < -0.39 is 30.6 Å². The van der Waals surface area contributed by atoms with Crippen molar-refractivity contribution in [2.24, 2.45) is 23.5 Å². The van der Waals surface area contributed by atoms with E-state index in [0.29, 0.717) is 18.4 Å². The fourth-order valence-corrected chi connectivity index (χ4v) is 4.34. The number of primary amides is 1. The molecular formula is C21H29NO6. The van der Waals surface area contributed by atoms with Crippen LogP contribution in [0.15, 0.2) is 12.1 Å². The lowest BCUT2D eigenvalue weighted by Crippen LogP contribution is -2.33. The topological polar surface area (TPSA) is 138 Å². The second kappa shape index (κ2) is 9.80. The van der Waals surface area contributed by atoms with Crippen molar-refractivity contribution >= 4 is 17.5 Å². The Morgan fingerprint density at radius 2 is 1.96 bits per heavy atom. The number of phenolic OH excluding ortho intramolecular Hbond substituents is 1. The monoisotopic (exact) mass is 391 g/mol. The number of carbonyl (C=O) groups excluding carboxylic acids is 3. The highest BCUT2D eigenvalue weighted by molar-refractivity contribution is 6.01. The Hall–Kier alpha value is -2.25. The van der Waals surface area contributed by atoms with E-state index in [1.807, 2.05) is 13.0 Å². The number of benzene rings is 1. The minimum Gasteiger partial charge on any atom is -0.507 e. The number of nitrogens with two attached hydrogens (primary N) is 1. The number of fused-ring (bicyclic) bond motifs is 1. The van der Waals surface area contributed by atoms with Crippen LogP contribution in [-0.4, -0.2) is 46.0 Å². The fourth-order valence-electron chi connectivity index (χ4n) is 4.34. The number of aliphatic hydroxyl groups is 2. The Morgan fingerprint density at radius 3 is 2.54 bits per heavy atom. The van der Waals surface area contributed by atoms with E-state index in [1.165, 1.54) is 0 Å². The first kappa shape index (κ1) is 22.0. The van der Waals surface area contributed by atoms with Crippen LogP contribution in [0.1, 0.15) is 54.1 Å². The Labute approximate surface area is 164 Å². The minimum atomic E-state index is -0.800. The molecule has 0 aliphatic heterocycles. The van der Waals surface area contributed by atoms with Crippen LogP contribution in [0.5, 0.6) is 5.75 Å². The molecule has 0 saturated heterocycles. The molecule has 154 valence electrons. The molecule has 2 rings (SSSR count). The Kier molecular flexibility index (Phi) is 7.71. The summed E-state index contributed by atoms with van der Waals surface area (Å²) in [5.41, 5.74) is 7.34. The van der Waals surface area contributed by atoms with Crippen molar-refractivity contribution in [3.63, 3.8) is 0 Å². The number of phenols is 1. The highest BCUT2D eigenvalue weighted by Gasteiger charge is 2.34. The predicted molar refractivity (Wildman–Crippen MR) is 103 cm³/mol. The number of hydrogen-bond acceptors (Lipinski definition) is 6. The van der Waals surface area contributed by atoms with Gasteiger partial charge in [0.05, 0.1) is 18.6 Å². The quantitative estimate of drug-likeness (QED) is 0.441. The molecule has 1 aromatic carbocycles. The molecule has 1 amide bonds. The maximum atomic E-state index is 12.7. The third-order valence-electron chi connectivity index (χ3n) is 5.68. The van der Waals surface area contributed by atoms with Crippen LogP contribution >= 0.6 is 0 Å². The number of amides is 1. The van der Waals surface area contributed by atoms with Gasteiger partial charge in [0.2, 0.25) is 5.91 Å². The number of carbonyl (C=O) groups is 3. The first-order valence-corrected chi connectivity index (χ1v) is 9.71. The van der Waals surface area contributed by atoms with Crippen LogP contribution in [-0.2, 0) is 22.4 Å². The second-order valence-electron chi connectivity index (χ2n) is 7.55. The van der Waals surface area contributed by atoms with Gasteiger partial charge in [-0.2, -0.15) is 0 Å². The van der Waals surface area contributed by atoms with Crippen molar-refractivity contribution in [3.8, 4) is 5.75 Å². The van der Waals surface area contributed by atoms with Gasteiger partial charge in [-0.15, -0.1) is 0 Å². The van der Waals surface area contributed by atoms with Gasteiger partial charge in [0.1, 0.15) is 11.5 Å². The molecule has 7 heteroatoms. The van der Waals surface area contributed by atoms with Gasteiger partial charge < -0.3 is 21.1 Å². The molecule has 0 radical (unpaired) electrons. The molecule has 0 fully saturated rings. The number of aliphatic hydroxyl groups excluding tert-OH is 2. The Balaban J connectivity index is 2.24. The third-order valence-corrected chi connectivity index (χ3v) is 5.68. The van der Waals surface area contributed by atoms with Crippen molar-refractivity contribution < 1.29 is 29.7 Å². The standard InChI is InChI=1S/C21H29NO6/c1-2-13-3-4-17(25)21-15(13)8-12(9-19(21)27)7-14(5-6-23)16(11-24)18(26)10-20(22)28/h3-4,12,14,16,23-25H,2,5-11H2,1H3,(H2,22,28). The second-order valence-corrected chi connectivity index (χ2v) is 7.55. The molecule has 0 bridgehead atoms. The van der Waals surface area contributed by atoms with Crippen LogP contribution in [0.25, 0.3) is 0 Å². The van der Waals surface area contributed by atoms with Crippen LogP contribution in [0, 0.1) is 17.8 Å². The number of rotatable bonds is 10. The summed E-state index contributed by atoms with van der Waals surface area (Å²) in [6, 6.07) is 3.37. The molecule has 0 aromatic heterocycles. The molecule has 0 saturated carbocycles. The van der Waals surface area contributed by atoms with Crippen LogP contribution in [0.3, 0.4) is 0 Å².